The number of hydrogen-bond donors (Lipinski definition) is 3. The highest BCUT2D eigenvalue weighted by atomic mass is 35.5. The van der Waals surface area contributed by atoms with Gasteiger partial charge in [-0.05, 0) is 23.9 Å². The molecule has 1 saturated heterocycles. The summed E-state index contributed by atoms with van der Waals surface area (Å²) in [5.41, 5.74) is 9.43. The number of carbonyl (C=O) groups excluding carboxylic acids is 6. The van der Waals surface area contributed by atoms with Crippen molar-refractivity contribution in [3.63, 3.8) is 0 Å². The molecule has 15 nitrogen and oxygen atoms in total. The zero-order valence-corrected chi connectivity index (χ0v) is 21.6. The van der Waals surface area contributed by atoms with Gasteiger partial charge in [-0.3, -0.25) is 19.2 Å². The van der Waals surface area contributed by atoms with Crippen LogP contribution in [-0.2, 0) is 33.5 Å². The topological polar surface area (TPSA) is 209 Å². The lowest BCUT2D eigenvalue weighted by Crippen LogP contribution is -2.37. The molecule has 16 heteroatoms. The van der Waals surface area contributed by atoms with E-state index in [0.717, 1.165) is 0 Å². The van der Waals surface area contributed by atoms with E-state index in [0.29, 0.717) is 22.7 Å². The van der Waals surface area contributed by atoms with E-state index in [1.54, 1.807) is 12.1 Å². The second-order valence-corrected chi connectivity index (χ2v) is 8.41. The molecule has 0 aromatic heterocycles. The number of azide groups is 1. The Morgan fingerprint density at radius 3 is 2.26 bits per heavy atom. The van der Waals surface area contributed by atoms with Crippen LogP contribution in [0.5, 0.6) is 0 Å². The van der Waals surface area contributed by atoms with Gasteiger partial charge < -0.3 is 25.5 Å². The van der Waals surface area contributed by atoms with Crippen LogP contribution in [0, 0.1) is 0 Å². The molecule has 1 aromatic carbocycles. The molecule has 210 valence electrons. The fourth-order valence-electron chi connectivity index (χ4n) is 3.27. The van der Waals surface area contributed by atoms with Gasteiger partial charge in [0.05, 0.1) is 6.54 Å². The van der Waals surface area contributed by atoms with Crippen molar-refractivity contribution in [2.24, 2.45) is 5.11 Å². The van der Waals surface area contributed by atoms with Crippen LogP contribution in [0.15, 0.2) is 29.4 Å². The van der Waals surface area contributed by atoms with Gasteiger partial charge in [0.2, 0.25) is 11.8 Å². The average Bonchev–Trinajstić information content (AvgIpc) is 3.24. The maximum Gasteiger partial charge on any atom is 0.407 e. The molecule has 0 spiro atoms. The molecular formula is C23H28ClN7O8. The number of rotatable bonds is 15. The molecule has 1 aromatic rings. The molecule has 1 heterocycles. The van der Waals surface area contributed by atoms with Crippen LogP contribution in [0.3, 0.4) is 0 Å². The first-order valence-corrected chi connectivity index (χ1v) is 12.5. The molecular weight excluding hydrogens is 538 g/mol. The Labute approximate surface area is 228 Å². The van der Waals surface area contributed by atoms with Crippen molar-refractivity contribution < 1.29 is 38.3 Å². The number of hydrogen-bond acceptors (Lipinski definition) is 9. The fourth-order valence-corrected chi connectivity index (χ4v) is 3.37. The summed E-state index contributed by atoms with van der Waals surface area (Å²) >= 11 is 5.39. The first-order chi connectivity index (χ1) is 18.7. The molecule has 1 unspecified atom stereocenters. The quantitative estimate of drug-likeness (QED) is 0.0713. The number of hydroxylamine groups is 2. The third-order valence-corrected chi connectivity index (χ3v) is 5.47. The number of unbranched alkanes of at least 4 members (excludes halogenated alkanes) is 1. The van der Waals surface area contributed by atoms with Gasteiger partial charge in [-0.15, -0.1) is 16.7 Å². The summed E-state index contributed by atoms with van der Waals surface area (Å²) in [5, 5.41) is 11.6. The van der Waals surface area contributed by atoms with Gasteiger partial charge in [0.1, 0.15) is 12.0 Å². The van der Waals surface area contributed by atoms with Gasteiger partial charge in [-0.2, -0.15) is 0 Å². The molecule has 5 amide bonds. The zero-order valence-electron chi connectivity index (χ0n) is 20.9. The van der Waals surface area contributed by atoms with Gasteiger partial charge in [-0.1, -0.05) is 29.4 Å². The van der Waals surface area contributed by atoms with Gasteiger partial charge in [-0.25, -0.2) is 9.59 Å². The minimum absolute atomic E-state index is 0.00335. The highest BCUT2D eigenvalue weighted by Crippen LogP contribution is 2.21. The Balaban J connectivity index is 1.81. The molecule has 1 atom stereocenters. The van der Waals surface area contributed by atoms with Crippen LogP contribution >= 0.6 is 11.6 Å². The molecule has 0 bridgehead atoms. The lowest BCUT2D eigenvalue weighted by Gasteiger charge is -2.19. The predicted molar refractivity (Wildman–Crippen MR) is 135 cm³/mol. The number of alkyl halides is 1. The Morgan fingerprint density at radius 2 is 1.62 bits per heavy atom. The number of halogens is 1. The third kappa shape index (κ3) is 11.3. The summed E-state index contributed by atoms with van der Waals surface area (Å²) in [5.74, 6) is -2.83. The molecule has 0 radical (unpaired) electrons. The normalized spacial score (nSPS) is 13.2. The van der Waals surface area contributed by atoms with Crippen LogP contribution < -0.4 is 16.0 Å². The van der Waals surface area contributed by atoms with Crippen LogP contribution in [0.1, 0.15) is 50.2 Å². The van der Waals surface area contributed by atoms with E-state index in [4.69, 9.17) is 26.7 Å². The molecule has 2 rings (SSSR count). The summed E-state index contributed by atoms with van der Waals surface area (Å²) in [7, 11) is 0. The van der Waals surface area contributed by atoms with Crippen molar-refractivity contribution in [3.05, 3.63) is 40.3 Å². The van der Waals surface area contributed by atoms with E-state index >= 15 is 0 Å². The van der Waals surface area contributed by atoms with Gasteiger partial charge in [0, 0.05) is 49.4 Å². The standard InChI is InChI=1S/C23H28ClN7O8/c24-13-19(33)26-11-12-27-23(37)38-17(15-5-7-16(8-6-15)29-30-25)14-28-18(32)3-1-2-4-22(36)39-31-20(34)9-10-21(31)35/h5-8,17H,1-4,9-14H2,(H,26,33)(H,27,37)(H,28,32). The molecule has 39 heavy (non-hydrogen) atoms. The number of imide groups is 1. The van der Waals surface area contributed by atoms with Gasteiger partial charge in [0.15, 0.2) is 0 Å². The SMILES string of the molecule is [N-]=[N+]=Nc1ccc(C(CNC(=O)CCCCC(=O)ON2C(=O)CCC2=O)OC(=O)NCCNC(=O)CCl)cc1. The van der Waals surface area contributed by atoms with Gasteiger partial charge >= 0.3 is 12.1 Å². The predicted octanol–water partition coefficient (Wildman–Crippen LogP) is 2.03. The number of carbonyl (C=O) groups is 6. The molecule has 0 aliphatic carbocycles. The number of benzene rings is 1. The molecule has 1 fully saturated rings. The number of nitrogens with zero attached hydrogens (tertiary/aromatic N) is 4. The first kappa shape index (κ1) is 30.9. The lowest BCUT2D eigenvalue weighted by atomic mass is 10.1. The minimum atomic E-state index is -0.892. The number of amides is 5. The van der Waals surface area contributed by atoms with Crippen LogP contribution in [-0.4, -0.2) is 66.3 Å². The van der Waals surface area contributed by atoms with E-state index in [-0.39, 0.29) is 69.4 Å². The summed E-state index contributed by atoms with van der Waals surface area (Å²) in [6.07, 6.45) is -1.09. The molecule has 3 N–H and O–H groups in total. The molecule has 1 aliphatic rings. The maximum atomic E-state index is 12.3. The van der Waals surface area contributed by atoms with Crippen molar-refractivity contribution in [2.75, 3.05) is 25.5 Å². The number of alkyl carbamates (subject to hydrolysis) is 1. The van der Waals surface area contributed by atoms with E-state index in [1.165, 1.54) is 12.1 Å². The Bertz CT molecular complexity index is 1090. The molecule has 0 saturated carbocycles. The zero-order chi connectivity index (χ0) is 28.6. The van der Waals surface area contributed by atoms with Crippen LogP contribution in [0.25, 0.3) is 10.4 Å². The monoisotopic (exact) mass is 565 g/mol. The fraction of sp³-hybridized carbons (Fsp3) is 0.478. The first-order valence-electron chi connectivity index (χ1n) is 12.0. The largest absolute Gasteiger partial charge is 0.439 e. The van der Waals surface area contributed by atoms with Crippen LogP contribution in [0.2, 0.25) is 0 Å². The lowest BCUT2D eigenvalue weighted by molar-refractivity contribution is -0.197. The number of nitrogens with one attached hydrogen (secondary N) is 3. The minimum Gasteiger partial charge on any atom is -0.439 e. The Hall–Kier alpha value is -4.36. The van der Waals surface area contributed by atoms with Crippen molar-refractivity contribution in [1.82, 2.24) is 21.0 Å². The third-order valence-electron chi connectivity index (χ3n) is 5.23. The highest BCUT2D eigenvalue weighted by molar-refractivity contribution is 6.27. The van der Waals surface area contributed by atoms with E-state index in [9.17, 15) is 28.8 Å². The van der Waals surface area contributed by atoms with E-state index in [1.807, 2.05) is 0 Å². The summed E-state index contributed by atoms with van der Waals surface area (Å²) < 4.78 is 5.43. The summed E-state index contributed by atoms with van der Waals surface area (Å²) in [4.78, 5) is 78.0. The summed E-state index contributed by atoms with van der Waals surface area (Å²) in [6, 6.07) is 6.21. The highest BCUT2D eigenvalue weighted by Gasteiger charge is 2.32. The smallest absolute Gasteiger partial charge is 0.407 e. The van der Waals surface area contributed by atoms with E-state index < -0.39 is 30.0 Å². The van der Waals surface area contributed by atoms with E-state index in [2.05, 4.69) is 26.0 Å². The second kappa shape index (κ2) is 16.5. The molecule has 1 aliphatic heterocycles. The van der Waals surface area contributed by atoms with Crippen molar-refractivity contribution in [1.29, 1.82) is 0 Å². The summed E-state index contributed by atoms with van der Waals surface area (Å²) in [6.45, 7) is 0.150. The van der Waals surface area contributed by atoms with Gasteiger partial charge in [0.25, 0.3) is 11.8 Å². The number of ether oxygens (including phenoxy) is 1. The Morgan fingerprint density at radius 1 is 0.974 bits per heavy atom. The second-order valence-electron chi connectivity index (χ2n) is 8.14. The van der Waals surface area contributed by atoms with Crippen molar-refractivity contribution in [2.45, 2.75) is 44.6 Å². The maximum absolute atomic E-state index is 12.3. The Kier molecular flexibility index (Phi) is 13.0. The average molecular weight is 566 g/mol. The van der Waals surface area contributed by atoms with Crippen molar-refractivity contribution in [3.8, 4) is 0 Å². The van der Waals surface area contributed by atoms with Crippen molar-refractivity contribution >= 4 is 53.0 Å². The van der Waals surface area contributed by atoms with Crippen LogP contribution in [0.4, 0.5) is 10.5 Å².